The monoisotopic (exact) mass is 353 g/mol. The number of benzene rings is 1. The molecule has 7 nitrogen and oxygen atoms in total. The fraction of sp³-hybridized carbons (Fsp3) is 0.421. The van der Waals surface area contributed by atoms with E-state index in [9.17, 15) is 0 Å². The number of hydrogen-bond acceptors (Lipinski definition) is 3. The minimum atomic E-state index is 0.770. The van der Waals surface area contributed by atoms with Gasteiger partial charge in [-0.2, -0.15) is 0 Å². The second-order valence-electron chi connectivity index (χ2n) is 6.14. The summed E-state index contributed by atoms with van der Waals surface area (Å²) in [5, 5.41) is 6.66. The molecule has 1 aromatic carbocycles. The van der Waals surface area contributed by atoms with Crippen LogP contribution in [0.5, 0.6) is 0 Å². The number of imidazole rings is 2. The van der Waals surface area contributed by atoms with E-state index in [-0.39, 0.29) is 0 Å². The minimum Gasteiger partial charge on any atom is -0.357 e. The van der Waals surface area contributed by atoms with Crippen LogP contribution in [0.15, 0.2) is 48.0 Å². The lowest BCUT2D eigenvalue weighted by Crippen LogP contribution is -2.38. The fourth-order valence-corrected chi connectivity index (χ4v) is 2.96. The summed E-state index contributed by atoms with van der Waals surface area (Å²) in [7, 11) is 0. The number of aromatic nitrogens is 4. The van der Waals surface area contributed by atoms with Crippen LogP contribution in [-0.2, 0) is 13.1 Å². The Kier molecular flexibility index (Phi) is 6.24. The summed E-state index contributed by atoms with van der Waals surface area (Å²) < 4.78 is 4.31. The van der Waals surface area contributed by atoms with Crippen molar-refractivity contribution >= 4 is 17.0 Å². The van der Waals surface area contributed by atoms with Crippen molar-refractivity contribution in [3.05, 3.63) is 48.8 Å². The first kappa shape index (κ1) is 18.0. The van der Waals surface area contributed by atoms with Crippen LogP contribution in [0.1, 0.15) is 19.2 Å². The van der Waals surface area contributed by atoms with Crippen molar-refractivity contribution in [2.75, 3.05) is 19.6 Å². The van der Waals surface area contributed by atoms with E-state index in [0.717, 1.165) is 56.4 Å². The van der Waals surface area contributed by atoms with E-state index in [1.54, 1.807) is 6.20 Å². The molecule has 0 aliphatic heterocycles. The van der Waals surface area contributed by atoms with Crippen LogP contribution in [0.25, 0.3) is 11.0 Å². The maximum absolute atomic E-state index is 4.68. The normalized spacial score (nSPS) is 11.8. The highest BCUT2D eigenvalue weighted by atomic mass is 15.2. The van der Waals surface area contributed by atoms with Gasteiger partial charge in [0.05, 0.1) is 17.4 Å². The number of para-hydroxylation sites is 2. The number of aryl methyl sites for hydroxylation is 2. The van der Waals surface area contributed by atoms with Gasteiger partial charge in [-0.05, 0) is 32.4 Å². The summed E-state index contributed by atoms with van der Waals surface area (Å²) in [6.45, 7) is 8.36. The van der Waals surface area contributed by atoms with E-state index in [2.05, 4.69) is 62.2 Å². The standard InChI is InChI=1S/C19H27N7/c1-3-21-19(23-11-14-25-13-10-20-15-25)22-9-6-12-26-16(2)24-17-7-4-5-8-18(17)26/h4-5,7-8,10,13,15H,3,6,9,11-12,14H2,1-2H3,(H2,21,22,23). The molecule has 2 heterocycles. The maximum Gasteiger partial charge on any atom is 0.191 e. The lowest BCUT2D eigenvalue weighted by atomic mass is 10.3. The summed E-state index contributed by atoms with van der Waals surface area (Å²) >= 11 is 0. The van der Waals surface area contributed by atoms with E-state index in [0.29, 0.717) is 0 Å². The number of hydrogen-bond donors (Lipinski definition) is 2. The molecule has 0 spiro atoms. The van der Waals surface area contributed by atoms with Gasteiger partial charge in [0.2, 0.25) is 0 Å². The number of nitrogens with one attached hydrogen (secondary N) is 2. The Hall–Kier alpha value is -2.83. The number of aliphatic imine (C=N–C) groups is 1. The van der Waals surface area contributed by atoms with Gasteiger partial charge in [0.25, 0.3) is 0 Å². The molecule has 2 N–H and O–H groups in total. The van der Waals surface area contributed by atoms with Crippen molar-refractivity contribution in [1.82, 2.24) is 29.7 Å². The molecule has 0 amide bonds. The average Bonchev–Trinajstić information content (AvgIpc) is 3.26. The van der Waals surface area contributed by atoms with Gasteiger partial charge in [-0.3, -0.25) is 4.99 Å². The van der Waals surface area contributed by atoms with Crippen LogP contribution < -0.4 is 10.6 Å². The van der Waals surface area contributed by atoms with Crippen molar-refractivity contribution in [3.8, 4) is 0 Å². The first-order chi connectivity index (χ1) is 12.8. The Labute approximate surface area is 154 Å². The third-order valence-corrected chi connectivity index (χ3v) is 4.22. The van der Waals surface area contributed by atoms with Crippen LogP contribution in [0.2, 0.25) is 0 Å². The molecule has 2 aromatic heterocycles. The highest BCUT2D eigenvalue weighted by molar-refractivity contribution is 5.79. The van der Waals surface area contributed by atoms with Crippen LogP contribution >= 0.6 is 0 Å². The van der Waals surface area contributed by atoms with Crippen LogP contribution in [0.4, 0.5) is 0 Å². The van der Waals surface area contributed by atoms with Crippen molar-refractivity contribution < 1.29 is 0 Å². The predicted octanol–water partition coefficient (Wildman–Crippen LogP) is 2.19. The van der Waals surface area contributed by atoms with Gasteiger partial charge in [-0.25, -0.2) is 9.97 Å². The van der Waals surface area contributed by atoms with Crippen LogP contribution in [-0.4, -0.2) is 44.7 Å². The van der Waals surface area contributed by atoms with Gasteiger partial charge < -0.3 is 19.8 Å². The molecule has 7 heteroatoms. The van der Waals surface area contributed by atoms with Crippen LogP contribution in [0.3, 0.4) is 0 Å². The topological polar surface area (TPSA) is 72.1 Å². The van der Waals surface area contributed by atoms with Gasteiger partial charge >= 0.3 is 0 Å². The molecule has 0 saturated carbocycles. The second-order valence-corrected chi connectivity index (χ2v) is 6.14. The maximum atomic E-state index is 4.68. The summed E-state index contributed by atoms with van der Waals surface area (Å²) in [4.78, 5) is 13.3. The van der Waals surface area contributed by atoms with E-state index in [1.165, 1.54) is 5.52 Å². The fourth-order valence-electron chi connectivity index (χ4n) is 2.96. The lowest BCUT2D eigenvalue weighted by Gasteiger charge is -2.12. The van der Waals surface area contributed by atoms with E-state index in [4.69, 9.17) is 0 Å². The van der Waals surface area contributed by atoms with Crippen LogP contribution in [0, 0.1) is 6.92 Å². The molecule has 0 aliphatic rings. The van der Waals surface area contributed by atoms with Crippen molar-refractivity contribution in [3.63, 3.8) is 0 Å². The molecule has 0 bridgehead atoms. The zero-order valence-corrected chi connectivity index (χ0v) is 15.5. The third-order valence-electron chi connectivity index (χ3n) is 4.22. The van der Waals surface area contributed by atoms with E-state index in [1.807, 2.05) is 23.2 Å². The Morgan fingerprint density at radius 1 is 1.19 bits per heavy atom. The smallest absolute Gasteiger partial charge is 0.191 e. The lowest BCUT2D eigenvalue weighted by molar-refractivity contribution is 0.639. The van der Waals surface area contributed by atoms with Gasteiger partial charge in [-0.1, -0.05) is 12.1 Å². The Morgan fingerprint density at radius 3 is 2.88 bits per heavy atom. The molecule has 0 unspecified atom stereocenters. The van der Waals surface area contributed by atoms with Gasteiger partial charge in [-0.15, -0.1) is 0 Å². The third kappa shape index (κ3) is 4.62. The van der Waals surface area contributed by atoms with Gasteiger partial charge in [0, 0.05) is 45.1 Å². The summed E-state index contributed by atoms with van der Waals surface area (Å²) in [5.41, 5.74) is 2.25. The first-order valence-corrected chi connectivity index (χ1v) is 9.17. The molecule has 0 aliphatic carbocycles. The highest BCUT2D eigenvalue weighted by Crippen LogP contribution is 2.15. The molecular weight excluding hydrogens is 326 g/mol. The molecule has 3 aromatic rings. The molecule has 3 rings (SSSR count). The molecule has 0 fully saturated rings. The largest absolute Gasteiger partial charge is 0.357 e. The first-order valence-electron chi connectivity index (χ1n) is 9.17. The molecule has 0 radical (unpaired) electrons. The molecule has 0 saturated heterocycles. The molecule has 26 heavy (non-hydrogen) atoms. The minimum absolute atomic E-state index is 0.770. The highest BCUT2D eigenvalue weighted by Gasteiger charge is 2.05. The van der Waals surface area contributed by atoms with Gasteiger partial charge in [0.1, 0.15) is 5.82 Å². The zero-order chi connectivity index (χ0) is 18.2. The van der Waals surface area contributed by atoms with E-state index >= 15 is 0 Å². The van der Waals surface area contributed by atoms with Crippen molar-refractivity contribution in [1.29, 1.82) is 0 Å². The van der Waals surface area contributed by atoms with Gasteiger partial charge in [0.15, 0.2) is 5.96 Å². The Bertz CT molecular complexity index is 833. The summed E-state index contributed by atoms with van der Waals surface area (Å²) in [6.07, 6.45) is 6.55. The number of nitrogens with zero attached hydrogens (tertiary/aromatic N) is 5. The zero-order valence-electron chi connectivity index (χ0n) is 15.5. The molecular formula is C19H27N7. The SMILES string of the molecule is CCNC(=NCCCn1c(C)nc2ccccc21)NCCn1ccnc1. The number of rotatable bonds is 8. The summed E-state index contributed by atoms with van der Waals surface area (Å²) in [5.74, 6) is 1.92. The number of fused-ring (bicyclic) bond motifs is 1. The predicted molar refractivity (Wildman–Crippen MR) is 105 cm³/mol. The quantitative estimate of drug-likeness (QED) is 0.370. The van der Waals surface area contributed by atoms with Crippen molar-refractivity contribution in [2.45, 2.75) is 33.4 Å². The average molecular weight is 353 g/mol. The second kappa shape index (κ2) is 9.03. The Balaban J connectivity index is 1.50. The van der Waals surface area contributed by atoms with Crippen molar-refractivity contribution in [2.24, 2.45) is 4.99 Å². The molecule has 138 valence electrons. The van der Waals surface area contributed by atoms with E-state index < -0.39 is 0 Å². The Morgan fingerprint density at radius 2 is 2.08 bits per heavy atom. The number of guanidine groups is 1. The molecule has 0 atom stereocenters. The summed E-state index contributed by atoms with van der Waals surface area (Å²) in [6, 6.07) is 8.28.